The minimum Gasteiger partial charge on any atom is -0.366 e. The van der Waals surface area contributed by atoms with Crippen molar-refractivity contribution in [2.45, 2.75) is 25.2 Å². The standard InChI is InChI=1S/C17H10F8N4O2/c1-6-2-3-7(14(26)30)10(8-4-5-27-31-8)9(6)12-11(16(20,21)22)13(29-28-12)15(18,19)17(23,24)25/h2-5H,1H3,(H2,26,30)(H,28,29). The van der Waals surface area contributed by atoms with Gasteiger partial charge in [0.25, 0.3) is 0 Å². The maximum atomic E-state index is 13.9. The average molecular weight is 454 g/mol. The summed E-state index contributed by atoms with van der Waals surface area (Å²) < 4.78 is 112. The number of halogens is 8. The smallest absolute Gasteiger partial charge is 0.366 e. The number of carbonyl (C=O) groups excluding carboxylic acids is 1. The van der Waals surface area contributed by atoms with Crippen LogP contribution < -0.4 is 5.73 Å². The lowest BCUT2D eigenvalue weighted by Crippen LogP contribution is -2.36. The Kier molecular flexibility index (Phi) is 5.06. The summed E-state index contributed by atoms with van der Waals surface area (Å²) in [4.78, 5) is 11.8. The molecule has 0 saturated heterocycles. The van der Waals surface area contributed by atoms with Crippen LogP contribution in [0.15, 0.2) is 28.9 Å². The van der Waals surface area contributed by atoms with Crippen LogP contribution in [0, 0.1) is 6.92 Å². The van der Waals surface area contributed by atoms with E-state index in [0.717, 1.165) is 24.4 Å². The molecule has 0 radical (unpaired) electrons. The van der Waals surface area contributed by atoms with Gasteiger partial charge in [0.1, 0.15) is 17.0 Å². The van der Waals surface area contributed by atoms with Crippen LogP contribution >= 0.6 is 0 Å². The molecule has 6 nitrogen and oxygen atoms in total. The largest absolute Gasteiger partial charge is 0.459 e. The van der Waals surface area contributed by atoms with Crippen LogP contribution in [0.25, 0.3) is 22.6 Å². The van der Waals surface area contributed by atoms with Gasteiger partial charge >= 0.3 is 18.3 Å². The first-order valence-corrected chi connectivity index (χ1v) is 8.13. The van der Waals surface area contributed by atoms with Gasteiger partial charge in [-0.25, -0.2) is 0 Å². The lowest BCUT2D eigenvalue weighted by molar-refractivity contribution is -0.292. The molecule has 0 atom stereocenters. The minimum absolute atomic E-state index is 0.0460. The van der Waals surface area contributed by atoms with Crippen LogP contribution in [-0.2, 0) is 12.1 Å². The van der Waals surface area contributed by atoms with E-state index < -0.39 is 57.8 Å². The Morgan fingerprint density at radius 2 is 1.68 bits per heavy atom. The van der Waals surface area contributed by atoms with Crippen molar-refractivity contribution in [1.82, 2.24) is 15.4 Å². The van der Waals surface area contributed by atoms with Crippen LogP contribution in [0.4, 0.5) is 35.1 Å². The Hall–Kier alpha value is -3.45. The zero-order valence-corrected chi connectivity index (χ0v) is 15.1. The van der Waals surface area contributed by atoms with Gasteiger partial charge in [0.05, 0.1) is 11.8 Å². The summed E-state index contributed by atoms with van der Waals surface area (Å²) in [7, 11) is 0. The van der Waals surface area contributed by atoms with Gasteiger partial charge in [0, 0.05) is 17.2 Å². The fraction of sp³-hybridized carbons (Fsp3) is 0.235. The highest BCUT2D eigenvalue weighted by Crippen LogP contribution is 2.51. The summed E-state index contributed by atoms with van der Waals surface area (Å²) in [6, 6.07) is 3.39. The number of aryl methyl sites for hydroxylation is 1. The predicted octanol–water partition coefficient (Wildman–Crippen LogP) is 4.81. The molecular formula is C17H10F8N4O2. The quantitative estimate of drug-likeness (QED) is 0.553. The molecule has 166 valence electrons. The van der Waals surface area contributed by atoms with Crippen molar-refractivity contribution in [3.8, 4) is 22.6 Å². The summed E-state index contributed by atoms with van der Waals surface area (Å²) in [6.45, 7) is 1.23. The van der Waals surface area contributed by atoms with Crippen molar-refractivity contribution in [1.29, 1.82) is 0 Å². The van der Waals surface area contributed by atoms with E-state index >= 15 is 0 Å². The summed E-state index contributed by atoms with van der Waals surface area (Å²) in [5, 5.41) is 7.66. The zero-order chi connectivity index (χ0) is 23.4. The summed E-state index contributed by atoms with van der Waals surface area (Å²) in [6.07, 6.45) is -10.9. The van der Waals surface area contributed by atoms with Crippen LogP contribution in [-0.4, -0.2) is 27.4 Å². The third kappa shape index (κ3) is 3.61. The topological polar surface area (TPSA) is 97.8 Å². The molecule has 0 spiro atoms. The molecule has 1 amide bonds. The minimum atomic E-state index is -6.34. The maximum absolute atomic E-state index is 13.9. The molecule has 1 aromatic carbocycles. The lowest BCUT2D eigenvalue weighted by Gasteiger charge is -2.21. The third-order valence-corrected chi connectivity index (χ3v) is 4.32. The third-order valence-electron chi connectivity index (χ3n) is 4.32. The first-order valence-electron chi connectivity index (χ1n) is 8.13. The lowest BCUT2D eigenvalue weighted by atomic mass is 9.90. The summed E-state index contributed by atoms with van der Waals surface area (Å²) >= 11 is 0. The molecule has 0 aliphatic rings. The van der Waals surface area contributed by atoms with Gasteiger partial charge in [0.15, 0.2) is 5.76 Å². The number of aromatic nitrogens is 3. The number of nitrogens with zero attached hydrogens (tertiary/aromatic N) is 2. The number of hydrogen-bond donors (Lipinski definition) is 2. The van der Waals surface area contributed by atoms with Gasteiger partial charge in [0.2, 0.25) is 5.91 Å². The molecule has 0 saturated carbocycles. The van der Waals surface area contributed by atoms with E-state index in [1.54, 1.807) is 0 Å². The molecule has 14 heteroatoms. The normalized spacial score (nSPS) is 12.9. The van der Waals surface area contributed by atoms with Crippen molar-refractivity contribution in [3.63, 3.8) is 0 Å². The fourth-order valence-electron chi connectivity index (χ4n) is 2.99. The van der Waals surface area contributed by atoms with Crippen LogP contribution in [0.2, 0.25) is 0 Å². The van der Waals surface area contributed by atoms with Crippen molar-refractivity contribution in [2.75, 3.05) is 0 Å². The van der Waals surface area contributed by atoms with Crippen LogP contribution in [0.3, 0.4) is 0 Å². The highest BCUT2D eigenvalue weighted by atomic mass is 19.4. The summed E-state index contributed by atoms with van der Waals surface area (Å²) in [5.41, 5.74) is -2.30. The molecule has 0 bridgehead atoms. The fourth-order valence-corrected chi connectivity index (χ4v) is 2.99. The molecule has 0 unspecified atom stereocenters. The molecule has 31 heavy (non-hydrogen) atoms. The number of carbonyl (C=O) groups is 1. The van der Waals surface area contributed by atoms with Gasteiger partial charge < -0.3 is 10.3 Å². The Labute approximate surface area is 167 Å². The highest BCUT2D eigenvalue weighted by molar-refractivity contribution is 6.03. The number of benzene rings is 1. The van der Waals surface area contributed by atoms with E-state index in [1.807, 2.05) is 0 Å². The second kappa shape index (κ2) is 7.06. The maximum Gasteiger partial charge on any atom is 0.459 e. The molecule has 0 aliphatic carbocycles. The van der Waals surface area contributed by atoms with Crippen molar-refractivity contribution in [3.05, 3.63) is 46.8 Å². The van der Waals surface area contributed by atoms with Gasteiger partial charge in [-0.3, -0.25) is 9.89 Å². The Balaban J connectivity index is 2.46. The van der Waals surface area contributed by atoms with E-state index in [9.17, 15) is 39.9 Å². The number of nitrogens with two attached hydrogens (primary N) is 1. The van der Waals surface area contributed by atoms with E-state index in [1.165, 1.54) is 12.0 Å². The molecular weight excluding hydrogens is 444 g/mol. The van der Waals surface area contributed by atoms with E-state index in [2.05, 4.69) is 10.3 Å². The Bertz CT molecular complexity index is 1130. The second-order valence-corrected chi connectivity index (χ2v) is 6.31. The van der Waals surface area contributed by atoms with Gasteiger partial charge in [-0.05, 0) is 18.6 Å². The van der Waals surface area contributed by atoms with Crippen molar-refractivity contribution < 1.29 is 44.4 Å². The van der Waals surface area contributed by atoms with Crippen molar-refractivity contribution >= 4 is 5.91 Å². The Morgan fingerprint density at radius 3 is 2.16 bits per heavy atom. The number of nitrogens with one attached hydrogen (secondary N) is 1. The number of amides is 1. The highest BCUT2D eigenvalue weighted by Gasteiger charge is 2.63. The SMILES string of the molecule is Cc1ccc(C(N)=O)c(-c2ccno2)c1-c1n[nH]c(C(F)(F)C(F)(F)F)c1C(F)(F)F. The number of primary amides is 1. The number of hydrogen-bond acceptors (Lipinski definition) is 4. The number of alkyl halides is 8. The first kappa shape index (κ1) is 22.2. The molecule has 2 aromatic heterocycles. The second-order valence-electron chi connectivity index (χ2n) is 6.31. The summed E-state index contributed by atoms with van der Waals surface area (Å²) in [5.74, 6) is -7.31. The predicted molar refractivity (Wildman–Crippen MR) is 87.7 cm³/mol. The number of H-pyrrole nitrogens is 1. The van der Waals surface area contributed by atoms with Crippen molar-refractivity contribution in [2.24, 2.45) is 5.73 Å². The first-order chi connectivity index (χ1) is 14.2. The van der Waals surface area contributed by atoms with E-state index in [4.69, 9.17) is 10.3 Å². The monoisotopic (exact) mass is 454 g/mol. The molecule has 0 aliphatic heterocycles. The zero-order valence-electron chi connectivity index (χ0n) is 15.1. The molecule has 0 fully saturated rings. The number of rotatable bonds is 4. The molecule has 2 heterocycles. The van der Waals surface area contributed by atoms with Gasteiger partial charge in [-0.2, -0.15) is 40.2 Å². The molecule has 3 aromatic rings. The van der Waals surface area contributed by atoms with E-state index in [-0.39, 0.29) is 11.3 Å². The van der Waals surface area contributed by atoms with Crippen LogP contribution in [0.1, 0.15) is 27.2 Å². The number of aromatic amines is 1. The van der Waals surface area contributed by atoms with Gasteiger partial charge in [-0.15, -0.1) is 0 Å². The van der Waals surface area contributed by atoms with E-state index in [0.29, 0.717) is 0 Å². The molecule has 3 N–H and O–H groups in total. The molecule has 3 rings (SSSR count). The Morgan fingerprint density at radius 1 is 1.03 bits per heavy atom. The van der Waals surface area contributed by atoms with Gasteiger partial charge in [-0.1, -0.05) is 11.2 Å². The average Bonchev–Trinajstić information content (AvgIpc) is 3.29. The van der Waals surface area contributed by atoms with Crippen LogP contribution in [0.5, 0.6) is 0 Å².